The molecule has 118 valence electrons. The Morgan fingerprint density at radius 1 is 1.30 bits per heavy atom. The predicted octanol–water partition coefficient (Wildman–Crippen LogP) is 3.69. The van der Waals surface area contributed by atoms with Gasteiger partial charge in [0.2, 0.25) is 0 Å². The average molecular weight is 313 g/mol. The fourth-order valence-electron chi connectivity index (χ4n) is 2.56. The van der Waals surface area contributed by atoms with Crippen molar-refractivity contribution >= 4 is 17.0 Å². The Morgan fingerprint density at radius 2 is 2.00 bits per heavy atom. The molecular weight excluding hydrogens is 297 g/mol. The molecular formula is C17H16FN3O2. The number of carboxylic acids is 1. The number of aromatic carboxylic acids is 1. The molecule has 0 spiro atoms. The highest BCUT2D eigenvalue weighted by Crippen LogP contribution is 2.27. The largest absolute Gasteiger partial charge is 0.478 e. The molecule has 0 saturated carbocycles. The van der Waals surface area contributed by atoms with Crippen LogP contribution in [0, 0.1) is 12.7 Å². The first-order valence-corrected chi connectivity index (χ1v) is 7.28. The number of fused-ring (bicyclic) bond motifs is 1. The van der Waals surface area contributed by atoms with Crippen LogP contribution in [0.1, 0.15) is 41.5 Å². The highest BCUT2D eigenvalue weighted by atomic mass is 19.1. The minimum Gasteiger partial charge on any atom is -0.478 e. The number of nitrogens with zero attached hydrogens (tertiary/aromatic N) is 3. The number of hydrogen-bond donors (Lipinski definition) is 1. The van der Waals surface area contributed by atoms with Crippen LogP contribution in [-0.2, 0) is 0 Å². The van der Waals surface area contributed by atoms with E-state index >= 15 is 0 Å². The number of halogens is 1. The van der Waals surface area contributed by atoms with Gasteiger partial charge in [-0.05, 0) is 31.0 Å². The number of benzene rings is 1. The van der Waals surface area contributed by atoms with Crippen LogP contribution in [0.3, 0.4) is 0 Å². The maximum absolute atomic E-state index is 14.1. The molecule has 0 radical (unpaired) electrons. The van der Waals surface area contributed by atoms with Crippen LogP contribution in [-0.4, -0.2) is 25.8 Å². The van der Waals surface area contributed by atoms with E-state index in [1.807, 2.05) is 13.8 Å². The number of hydrogen-bond acceptors (Lipinski definition) is 3. The molecule has 0 unspecified atom stereocenters. The van der Waals surface area contributed by atoms with Gasteiger partial charge in [0.05, 0.1) is 16.6 Å². The van der Waals surface area contributed by atoms with Gasteiger partial charge in [0.15, 0.2) is 5.65 Å². The van der Waals surface area contributed by atoms with Gasteiger partial charge in [0.1, 0.15) is 11.5 Å². The number of carboxylic acid groups (broad SMARTS) is 1. The third kappa shape index (κ3) is 2.46. The Balaban J connectivity index is 2.42. The number of carbonyl (C=O) groups is 1. The fraction of sp³-hybridized carbons (Fsp3) is 0.235. The summed E-state index contributed by atoms with van der Waals surface area (Å²) in [4.78, 5) is 16.1. The van der Waals surface area contributed by atoms with Gasteiger partial charge < -0.3 is 5.11 Å². The highest BCUT2D eigenvalue weighted by molar-refractivity contribution is 6.03. The summed E-state index contributed by atoms with van der Waals surface area (Å²) in [7, 11) is 0. The van der Waals surface area contributed by atoms with Crippen LogP contribution in [0.4, 0.5) is 4.39 Å². The molecule has 0 bridgehead atoms. The van der Waals surface area contributed by atoms with Crippen molar-refractivity contribution in [2.24, 2.45) is 0 Å². The van der Waals surface area contributed by atoms with Gasteiger partial charge in [0, 0.05) is 5.69 Å². The van der Waals surface area contributed by atoms with E-state index in [-0.39, 0.29) is 17.2 Å². The molecule has 2 aromatic heterocycles. The molecule has 0 aliphatic rings. The first kappa shape index (κ1) is 15.1. The van der Waals surface area contributed by atoms with E-state index in [2.05, 4.69) is 10.1 Å². The smallest absolute Gasteiger partial charge is 0.336 e. The number of aryl methyl sites for hydroxylation is 1. The van der Waals surface area contributed by atoms with Crippen molar-refractivity contribution < 1.29 is 14.3 Å². The molecule has 1 N–H and O–H groups in total. The van der Waals surface area contributed by atoms with E-state index in [1.54, 1.807) is 31.2 Å². The quantitative estimate of drug-likeness (QED) is 0.800. The van der Waals surface area contributed by atoms with Crippen molar-refractivity contribution in [1.29, 1.82) is 0 Å². The van der Waals surface area contributed by atoms with Crippen molar-refractivity contribution in [3.05, 3.63) is 53.1 Å². The van der Waals surface area contributed by atoms with Gasteiger partial charge in [0.25, 0.3) is 0 Å². The minimum absolute atomic E-state index is 0.0433. The lowest BCUT2D eigenvalue weighted by Crippen LogP contribution is -2.05. The molecule has 1 aromatic carbocycles. The molecule has 6 heteroatoms. The van der Waals surface area contributed by atoms with Crippen molar-refractivity contribution in [1.82, 2.24) is 14.8 Å². The molecule has 0 aliphatic heterocycles. The van der Waals surface area contributed by atoms with Crippen LogP contribution in [0.5, 0.6) is 0 Å². The summed E-state index contributed by atoms with van der Waals surface area (Å²) >= 11 is 0. The molecule has 2 heterocycles. The Hall–Kier alpha value is -2.76. The van der Waals surface area contributed by atoms with E-state index in [1.165, 1.54) is 10.7 Å². The molecule has 3 rings (SSSR count). The molecule has 0 aliphatic carbocycles. The van der Waals surface area contributed by atoms with Crippen LogP contribution >= 0.6 is 0 Å². The van der Waals surface area contributed by atoms with E-state index in [0.717, 1.165) is 0 Å². The molecule has 23 heavy (non-hydrogen) atoms. The standard InChI is InChI=1S/C17H16FN3O2/c1-9(2)13-8-11(17(22)23)15-10(3)20-21(16(15)19-13)14-7-5-4-6-12(14)18/h4-9H,1-3H3,(H,22,23). The highest BCUT2D eigenvalue weighted by Gasteiger charge is 2.21. The van der Waals surface area contributed by atoms with Crippen LogP contribution in [0.15, 0.2) is 30.3 Å². The Morgan fingerprint density at radius 3 is 2.61 bits per heavy atom. The van der Waals surface area contributed by atoms with Crippen LogP contribution in [0.2, 0.25) is 0 Å². The lowest BCUT2D eigenvalue weighted by Gasteiger charge is -2.09. The predicted molar refractivity (Wildman–Crippen MR) is 84.6 cm³/mol. The molecule has 0 amide bonds. The van der Waals surface area contributed by atoms with Gasteiger partial charge >= 0.3 is 5.97 Å². The summed E-state index contributed by atoms with van der Waals surface area (Å²) < 4.78 is 15.5. The molecule has 0 atom stereocenters. The number of rotatable bonds is 3. The zero-order chi connectivity index (χ0) is 16.7. The number of pyridine rings is 1. The van der Waals surface area contributed by atoms with Gasteiger partial charge in [-0.15, -0.1) is 0 Å². The van der Waals surface area contributed by atoms with Crippen molar-refractivity contribution in [3.8, 4) is 5.69 Å². The summed E-state index contributed by atoms with van der Waals surface area (Å²) in [5.74, 6) is -1.44. The summed E-state index contributed by atoms with van der Waals surface area (Å²) in [5, 5.41) is 14.3. The maximum atomic E-state index is 14.1. The second-order valence-corrected chi connectivity index (χ2v) is 5.70. The van der Waals surface area contributed by atoms with E-state index < -0.39 is 11.8 Å². The van der Waals surface area contributed by atoms with E-state index in [9.17, 15) is 14.3 Å². The fourth-order valence-corrected chi connectivity index (χ4v) is 2.56. The topological polar surface area (TPSA) is 68.0 Å². The number of para-hydroxylation sites is 1. The van der Waals surface area contributed by atoms with Crippen LogP contribution in [0.25, 0.3) is 16.7 Å². The van der Waals surface area contributed by atoms with Crippen LogP contribution < -0.4 is 0 Å². The first-order valence-electron chi connectivity index (χ1n) is 7.28. The van der Waals surface area contributed by atoms with Crippen molar-refractivity contribution in [3.63, 3.8) is 0 Å². The first-order chi connectivity index (χ1) is 10.9. The summed E-state index contributed by atoms with van der Waals surface area (Å²) in [6.45, 7) is 5.55. The summed E-state index contributed by atoms with van der Waals surface area (Å²) in [5.41, 5.74) is 1.88. The van der Waals surface area contributed by atoms with E-state index in [0.29, 0.717) is 22.4 Å². The number of aromatic nitrogens is 3. The Labute approximate surface area is 132 Å². The van der Waals surface area contributed by atoms with Crippen molar-refractivity contribution in [2.75, 3.05) is 0 Å². The summed E-state index contributed by atoms with van der Waals surface area (Å²) in [6, 6.07) is 7.78. The van der Waals surface area contributed by atoms with Gasteiger partial charge in [-0.3, -0.25) is 0 Å². The lowest BCUT2D eigenvalue weighted by molar-refractivity contribution is 0.0698. The third-order valence-corrected chi connectivity index (χ3v) is 3.74. The second kappa shape index (κ2) is 5.46. The van der Waals surface area contributed by atoms with Crippen molar-refractivity contribution in [2.45, 2.75) is 26.7 Å². The average Bonchev–Trinajstić information content (AvgIpc) is 2.84. The van der Waals surface area contributed by atoms with Gasteiger partial charge in [-0.1, -0.05) is 26.0 Å². The normalized spacial score (nSPS) is 11.3. The SMILES string of the molecule is Cc1nn(-c2ccccc2F)c2nc(C(C)C)cc(C(=O)O)c12. The zero-order valence-corrected chi connectivity index (χ0v) is 13.0. The van der Waals surface area contributed by atoms with Gasteiger partial charge in [-0.2, -0.15) is 5.10 Å². The summed E-state index contributed by atoms with van der Waals surface area (Å²) in [6.07, 6.45) is 0. The second-order valence-electron chi connectivity index (χ2n) is 5.70. The van der Waals surface area contributed by atoms with E-state index in [4.69, 9.17) is 0 Å². The Kier molecular flexibility index (Phi) is 3.60. The van der Waals surface area contributed by atoms with Gasteiger partial charge in [-0.25, -0.2) is 18.9 Å². The monoisotopic (exact) mass is 313 g/mol. The Bertz CT molecular complexity index is 916. The maximum Gasteiger partial charge on any atom is 0.336 e. The molecule has 0 fully saturated rings. The molecule has 0 saturated heterocycles. The molecule has 3 aromatic rings. The minimum atomic E-state index is -1.05. The lowest BCUT2D eigenvalue weighted by atomic mass is 10.0. The zero-order valence-electron chi connectivity index (χ0n) is 13.0. The molecule has 5 nitrogen and oxygen atoms in total. The third-order valence-electron chi connectivity index (χ3n) is 3.74.